The molecule has 4 rings (SSSR count). The van der Waals surface area contributed by atoms with Gasteiger partial charge in [0.15, 0.2) is 5.69 Å². The fourth-order valence-electron chi connectivity index (χ4n) is 4.19. The second-order valence-corrected chi connectivity index (χ2v) is 7.10. The van der Waals surface area contributed by atoms with Crippen LogP contribution in [0.25, 0.3) is 0 Å². The van der Waals surface area contributed by atoms with Crippen molar-refractivity contribution in [3.8, 4) is 5.75 Å². The lowest BCUT2D eigenvalue weighted by atomic mass is 9.89. The van der Waals surface area contributed by atoms with E-state index in [1.165, 1.54) is 7.11 Å². The summed E-state index contributed by atoms with van der Waals surface area (Å²) >= 11 is 0. The number of methoxy groups -OCH3 is 2. The van der Waals surface area contributed by atoms with Gasteiger partial charge in [-0.3, -0.25) is 14.7 Å². The van der Waals surface area contributed by atoms with Crippen molar-refractivity contribution in [3.05, 3.63) is 46.8 Å². The summed E-state index contributed by atoms with van der Waals surface area (Å²) in [5, 5.41) is 7.23. The normalized spacial score (nSPS) is 21.2. The molecule has 2 aromatic rings. The van der Waals surface area contributed by atoms with E-state index in [1.807, 2.05) is 24.3 Å². The number of nitrogens with zero attached hydrogens (tertiary/aromatic N) is 2. The number of amides is 1. The van der Waals surface area contributed by atoms with Gasteiger partial charge in [0.2, 0.25) is 0 Å². The molecule has 0 spiro atoms. The molecule has 1 aromatic carbocycles. The number of aromatic nitrogens is 2. The molecule has 7 heteroatoms. The summed E-state index contributed by atoms with van der Waals surface area (Å²) in [5.74, 6) is -0.150. The van der Waals surface area contributed by atoms with Crippen molar-refractivity contribution in [3.63, 3.8) is 0 Å². The number of hydrogen-bond acceptors (Lipinski definition) is 5. The maximum atomic E-state index is 13.1. The number of H-pyrrole nitrogens is 1. The summed E-state index contributed by atoms with van der Waals surface area (Å²) in [6, 6.07) is 7.63. The van der Waals surface area contributed by atoms with Crippen LogP contribution < -0.4 is 4.74 Å². The number of carbonyl (C=O) groups excluding carboxylic acids is 2. The van der Waals surface area contributed by atoms with Crippen LogP contribution >= 0.6 is 0 Å². The Morgan fingerprint density at radius 3 is 2.63 bits per heavy atom. The molecular formula is C20H23N3O4. The molecule has 2 aliphatic rings. The molecule has 142 valence electrons. The van der Waals surface area contributed by atoms with Gasteiger partial charge in [0.1, 0.15) is 5.75 Å². The van der Waals surface area contributed by atoms with Crippen molar-refractivity contribution in [2.75, 3.05) is 27.3 Å². The largest absolute Gasteiger partial charge is 0.497 e. The predicted octanol–water partition coefficient (Wildman–Crippen LogP) is 1.94. The Kier molecular flexibility index (Phi) is 4.59. The van der Waals surface area contributed by atoms with Crippen LogP contribution in [0.1, 0.15) is 39.6 Å². The number of hydrogen-bond donors (Lipinski definition) is 1. The number of aromatic amines is 1. The van der Waals surface area contributed by atoms with Crippen LogP contribution in [0.4, 0.5) is 0 Å². The first-order chi connectivity index (χ1) is 13.1. The highest BCUT2D eigenvalue weighted by atomic mass is 16.5. The minimum atomic E-state index is -0.390. The minimum Gasteiger partial charge on any atom is -0.497 e. The number of carbonyl (C=O) groups is 2. The van der Waals surface area contributed by atoms with Gasteiger partial charge in [0.25, 0.3) is 5.91 Å². The molecule has 1 aliphatic carbocycles. The summed E-state index contributed by atoms with van der Waals surface area (Å²) in [4.78, 5) is 27.2. The van der Waals surface area contributed by atoms with Crippen LogP contribution in [-0.4, -0.2) is 54.3 Å². The van der Waals surface area contributed by atoms with E-state index in [-0.39, 0.29) is 23.7 Å². The van der Waals surface area contributed by atoms with Gasteiger partial charge in [-0.25, -0.2) is 0 Å². The lowest BCUT2D eigenvalue weighted by molar-refractivity contribution is -0.145. The molecule has 0 bridgehead atoms. The molecule has 0 radical (unpaired) electrons. The standard InChI is InChI=1S/C20H23N3O4/c1-26-13-8-6-12(7-9-13)15-10-23(11-16(15)20(25)27-2)19(24)18-14-4-3-5-17(14)21-22-18/h6-9,15-16H,3-5,10-11H2,1-2H3,(H,21,22)/t15-,16+/m0/s1. The smallest absolute Gasteiger partial charge is 0.311 e. The van der Waals surface area contributed by atoms with Crippen LogP contribution in [0, 0.1) is 5.92 Å². The fraction of sp³-hybridized carbons (Fsp3) is 0.450. The number of esters is 1. The third kappa shape index (κ3) is 3.07. The molecule has 0 saturated carbocycles. The SMILES string of the molecule is COC(=O)[C@@H]1CN(C(=O)c2n[nH]c3c2CCC3)C[C@H]1c1ccc(OC)cc1. The number of likely N-dealkylation sites (tertiary alicyclic amines) is 1. The van der Waals surface area contributed by atoms with Gasteiger partial charge in [-0.1, -0.05) is 12.1 Å². The molecule has 2 atom stereocenters. The molecule has 1 saturated heterocycles. The van der Waals surface area contributed by atoms with Crippen LogP contribution in [-0.2, 0) is 22.4 Å². The zero-order valence-corrected chi connectivity index (χ0v) is 15.5. The Morgan fingerprint density at radius 2 is 1.93 bits per heavy atom. The molecule has 1 aromatic heterocycles. The number of aryl methyl sites for hydroxylation is 1. The Labute approximate surface area is 157 Å². The third-order valence-electron chi connectivity index (χ3n) is 5.66. The van der Waals surface area contributed by atoms with Gasteiger partial charge in [-0.2, -0.15) is 5.10 Å². The van der Waals surface area contributed by atoms with Crippen molar-refractivity contribution in [1.29, 1.82) is 0 Å². The summed E-state index contributed by atoms with van der Waals surface area (Å²) in [6.07, 6.45) is 2.86. The monoisotopic (exact) mass is 369 g/mol. The molecule has 1 amide bonds. The van der Waals surface area contributed by atoms with E-state index in [1.54, 1.807) is 12.0 Å². The Bertz CT molecular complexity index is 859. The van der Waals surface area contributed by atoms with E-state index >= 15 is 0 Å². The van der Waals surface area contributed by atoms with Crippen LogP contribution in [0.15, 0.2) is 24.3 Å². The highest BCUT2D eigenvalue weighted by molar-refractivity contribution is 5.95. The van der Waals surface area contributed by atoms with Crippen molar-refractivity contribution in [2.45, 2.75) is 25.2 Å². The molecule has 7 nitrogen and oxygen atoms in total. The Hall–Kier alpha value is -2.83. The Balaban J connectivity index is 1.60. The molecular weight excluding hydrogens is 346 g/mol. The number of fused-ring (bicyclic) bond motifs is 1. The quantitative estimate of drug-likeness (QED) is 0.833. The second-order valence-electron chi connectivity index (χ2n) is 7.10. The van der Waals surface area contributed by atoms with Gasteiger partial charge in [-0.05, 0) is 37.0 Å². The van der Waals surface area contributed by atoms with E-state index in [0.29, 0.717) is 18.8 Å². The lowest BCUT2D eigenvalue weighted by Crippen LogP contribution is -2.31. The fourth-order valence-corrected chi connectivity index (χ4v) is 4.19. The number of rotatable bonds is 4. The molecule has 1 aliphatic heterocycles. The van der Waals surface area contributed by atoms with E-state index < -0.39 is 0 Å². The van der Waals surface area contributed by atoms with Crippen molar-refractivity contribution in [2.24, 2.45) is 5.92 Å². The summed E-state index contributed by atoms with van der Waals surface area (Å²) in [6.45, 7) is 0.802. The van der Waals surface area contributed by atoms with Crippen LogP contribution in [0.2, 0.25) is 0 Å². The van der Waals surface area contributed by atoms with Crippen molar-refractivity contribution >= 4 is 11.9 Å². The first kappa shape index (κ1) is 17.6. The lowest BCUT2D eigenvalue weighted by Gasteiger charge is -2.16. The van der Waals surface area contributed by atoms with Crippen molar-refractivity contribution in [1.82, 2.24) is 15.1 Å². The molecule has 27 heavy (non-hydrogen) atoms. The van der Waals surface area contributed by atoms with Crippen molar-refractivity contribution < 1.29 is 19.1 Å². The summed E-state index contributed by atoms with van der Waals surface area (Å²) in [7, 11) is 3.00. The first-order valence-corrected chi connectivity index (χ1v) is 9.19. The molecule has 1 N–H and O–H groups in total. The first-order valence-electron chi connectivity index (χ1n) is 9.19. The average molecular weight is 369 g/mol. The van der Waals surface area contributed by atoms with E-state index in [9.17, 15) is 9.59 Å². The zero-order chi connectivity index (χ0) is 19.0. The van der Waals surface area contributed by atoms with Crippen LogP contribution in [0.3, 0.4) is 0 Å². The van der Waals surface area contributed by atoms with E-state index in [0.717, 1.165) is 41.8 Å². The maximum absolute atomic E-state index is 13.1. The van der Waals surface area contributed by atoms with Gasteiger partial charge in [-0.15, -0.1) is 0 Å². The van der Waals surface area contributed by atoms with E-state index in [4.69, 9.17) is 9.47 Å². The number of nitrogens with one attached hydrogen (secondary N) is 1. The highest BCUT2D eigenvalue weighted by Gasteiger charge is 2.42. The minimum absolute atomic E-state index is 0.112. The molecule has 1 fully saturated rings. The number of benzene rings is 1. The third-order valence-corrected chi connectivity index (χ3v) is 5.66. The Morgan fingerprint density at radius 1 is 1.15 bits per heavy atom. The average Bonchev–Trinajstić information content (AvgIpc) is 3.42. The van der Waals surface area contributed by atoms with Gasteiger partial charge in [0.05, 0.1) is 20.1 Å². The second kappa shape index (κ2) is 7.06. The van der Waals surface area contributed by atoms with Gasteiger partial charge >= 0.3 is 5.97 Å². The molecule has 0 unspecified atom stereocenters. The predicted molar refractivity (Wildman–Crippen MR) is 97.8 cm³/mol. The zero-order valence-electron chi connectivity index (χ0n) is 15.5. The summed E-state index contributed by atoms with van der Waals surface area (Å²) in [5.41, 5.74) is 3.59. The highest BCUT2D eigenvalue weighted by Crippen LogP contribution is 2.35. The van der Waals surface area contributed by atoms with E-state index in [2.05, 4.69) is 10.2 Å². The van der Waals surface area contributed by atoms with Crippen LogP contribution in [0.5, 0.6) is 5.75 Å². The summed E-state index contributed by atoms with van der Waals surface area (Å²) < 4.78 is 10.2. The topological polar surface area (TPSA) is 84.5 Å². The number of ether oxygens (including phenoxy) is 2. The molecule has 2 heterocycles. The van der Waals surface area contributed by atoms with Gasteiger partial charge in [0, 0.05) is 30.3 Å². The van der Waals surface area contributed by atoms with Gasteiger partial charge < -0.3 is 14.4 Å². The maximum Gasteiger partial charge on any atom is 0.311 e.